The molecule has 0 aromatic rings. The van der Waals surface area contributed by atoms with Crippen LogP contribution in [0.2, 0.25) is 0 Å². The molecule has 1 aliphatic carbocycles. The Bertz CT molecular complexity index is 283. The lowest BCUT2D eigenvalue weighted by atomic mass is 9.92. The summed E-state index contributed by atoms with van der Waals surface area (Å²) in [7, 11) is 0. The molecule has 3 heteroatoms. The van der Waals surface area contributed by atoms with Gasteiger partial charge in [0.25, 0.3) is 0 Å². The van der Waals surface area contributed by atoms with Gasteiger partial charge in [0.15, 0.2) is 0 Å². The van der Waals surface area contributed by atoms with Gasteiger partial charge in [-0.15, -0.1) is 0 Å². The maximum absolute atomic E-state index is 6.04. The second-order valence-corrected chi connectivity index (χ2v) is 7.64. The fraction of sp³-hybridized carbons (Fsp3) is 1.00. The summed E-state index contributed by atoms with van der Waals surface area (Å²) in [5, 5.41) is 0. The van der Waals surface area contributed by atoms with Crippen LogP contribution < -0.4 is 5.73 Å². The number of nitrogens with two attached hydrogens (primary N) is 1. The summed E-state index contributed by atoms with van der Waals surface area (Å²) in [4.78, 5) is 5.57. The lowest BCUT2D eigenvalue weighted by Crippen LogP contribution is -2.51. The maximum Gasteiger partial charge on any atom is 0.0120 e. The van der Waals surface area contributed by atoms with Crippen LogP contribution in [0.25, 0.3) is 0 Å². The highest BCUT2D eigenvalue weighted by Crippen LogP contribution is 2.26. The summed E-state index contributed by atoms with van der Waals surface area (Å²) >= 11 is 0. The largest absolute Gasteiger partial charge is 0.328 e. The van der Waals surface area contributed by atoms with Crippen molar-refractivity contribution in [2.24, 2.45) is 5.73 Å². The molecule has 3 aliphatic rings. The van der Waals surface area contributed by atoms with E-state index in [0.717, 1.165) is 12.1 Å². The molecule has 0 atom stereocenters. The van der Waals surface area contributed by atoms with Gasteiger partial charge in [0.1, 0.15) is 0 Å². The first-order chi connectivity index (χ1) is 10.3. The normalized spacial score (nSPS) is 30.1. The van der Waals surface area contributed by atoms with E-state index in [4.69, 9.17) is 5.73 Å². The van der Waals surface area contributed by atoms with Crippen molar-refractivity contribution in [1.29, 1.82) is 0 Å². The minimum atomic E-state index is 0.469. The molecule has 0 radical (unpaired) electrons. The third-order valence-electron chi connectivity index (χ3n) is 6.18. The lowest BCUT2D eigenvalue weighted by molar-refractivity contribution is 0.0619. The smallest absolute Gasteiger partial charge is 0.0120 e. The summed E-state index contributed by atoms with van der Waals surface area (Å²) in [6, 6.07) is 2.22. The third kappa shape index (κ3) is 4.43. The maximum atomic E-state index is 6.04. The summed E-state index contributed by atoms with van der Waals surface area (Å²) in [6.45, 7) is 5.18. The van der Waals surface area contributed by atoms with E-state index in [-0.39, 0.29) is 0 Å². The van der Waals surface area contributed by atoms with E-state index >= 15 is 0 Å². The Morgan fingerprint density at radius 1 is 0.524 bits per heavy atom. The summed E-state index contributed by atoms with van der Waals surface area (Å²) in [5.74, 6) is 0. The lowest BCUT2D eigenvalue weighted by Gasteiger charge is -2.43. The molecule has 2 N–H and O–H groups in total. The molecule has 3 nitrogen and oxygen atoms in total. The second kappa shape index (κ2) is 7.94. The van der Waals surface area contributed by atoms with Gasteiger partial charge in [-0.3, -0.25) is 0 Å². The Morgan fingerprint density at radius 3 is 1.52 bits per heavy atom. The number of piperidine rings is 2. The molecule has 0 aromatic carbocycles. The molecule has 21 heavy (non-hydrogen) atoms. The van der Waals surface area contributed by atoms with Gasteiger partial charge >= 0.3 is 0 Å². The molecular formula is C18H35N3. The molecule has 122 valence electrons. The molecular weight excluding hydrogens is 258 g/mol. The van der Waals surface area contributed by atoms with Gasteiger partial charge < -0.3 is 15.5 Å². The monoisotopic (exact) mass is 293 g/mol. The van der Waals surface area contributed by atoms with Gasteiger partial charge in [-0.1, -0.05) is 32.1 Å². The average molecular weight is 293 g/mol. The highest BCUT2D eigenvalue weighted by atomic mass is 15.2. The van der Waals surface area contributed by atoms with Crippen molar-refractivity contribution in [3.05, 3.63) is 0 Å². The van der Waals surface area contributed by atoms with Crippen molar-refractivity contribution in [3.63, 3.8) is 0 Å². The van der Waals surface area contributed by atoms with Crippen molar-refractivity contribution in [1.82, 2.24) is 9.80 Å². The summed E-state index contributed by atoms with van der Waals surface area (Å²) < 4.78 is 0. The Kier molecular flexibility index (Phi) is 5.96. The third-order valence-corrected chi connectivity index (χ3v) is 6.18. The van der Waals surface area contributed by atoms with Crippen LogP contribution >= 0.6 is 0 Å². The number of rotatable bonds is 2. The topological polar surface area (TPSA) is 32.5 Å². The molecule has 2 saturated heterocycles. The standard InChI is InChI=1S/C18H35N3/c19-16-8-12-20(13-9-16)18-10-14-21(15-11-18)17-6-4-2-1-3-5-7-17/h16-18H,1-15,19H2. The number of hydrogen-bond acceptors (Lipinski definition) is 3. The minimum Gasteiger partial charge on any atom is -0.328 e. The van der Waals surface area contributed by atoms with Gasteiger partial charge in [-0.05, 0) is 64.7 Å². The van der Waals surface area contributed by atoms with Crippen LogP contribution in [0.3, 0.4) is 0 Å². The van der Waals surface area contributed by atoms with Gasteiger partial charge in [-0.25, -0.2) is 0 Å². The molecule has 0 amide bonds. The van der Waals surface area contributed by atoms with E-state index in [2.05, 4.69) is 9.80 Å². The van der Waals surface area contributed by atoms with Crippen molar-refractivity contribution in [3.8, 4) is 0 Å². The first-order valence-corrected chi connectivity index (χ1v) is 9.56. The highest BCUT2D eigenvalue weighted by molar-refractivity contribution is 4.86. The number of nitrogens with zero attached hydrogens (tertiary/aromatic N) is 2. The molecule has 0 spiro atoms. The molecule has 2 heterocycles. The molecule has 2 aliphatic heterocycles. The quantitative estimate of drug-likeness (QED) is 0.849. The molecule has 3 fully saturated rings. The van der Waals surface area contributed by atoms with Crippen LogP contribution in [0, 0.1) is 0 Å². The van der Waals surface area contributed by atoms with Gasteiger partial charge in [0.2, 0.25) is 0 Å². The zero-order valence-corrected chi connectivity index (χ0v) is 13.8. The Balaban J connectivity index is 1.43. The van der Waals surface area contributed by atoms with E-state index in [1.54, 1.807) is 0 Å². The highest BCUT2D eigenvalue weighted by Gasteiger charge is 2.29. The Hall–Kier alpha value is -0.120. The average Bonchev–Trinajstić information content (AvgIpc) is 2.48. The van der Waals surface area contributed by atoms with Crippen molar-refractivity contribution in [2.75, 3.05) is 26.2 Å². The van der Waals surface area contributed by atoms with Gasteiger partial charge in [-0.2, -0.15) is 0 Å². The zero-order chi connectivity index (χ0) is 14.5. The first-order valence-electron chi connectivity index (χ1n) is 9.56. The van der Waals surface area contributed by atoms with Crippen LogP contribution in [0.1, 0.15) is 70.6 Å². The summed E-state index contributed by atoms with van der Waals surface area (Å²) in [6.07, 6.45) is 15.5. The second-order valence-electron chi connectivity index (χ2n) is 7.64. The summed E-state index contributed by atoms with van der Waals surface area (Å²) in [5.41, 5.74) is 6.04. The van der Waals surface area contributed by atoms with Crippen LogP contribution in [0.5, 0.6) is 0 Å². The molecule has 0 bridgehead atoms. The van der Waals surface area contributed by atoms with E-state index in [9.17, 15) is 0 Å². The minimum absolute atomic E-state index is 0.469. The van der Waals surface area contributed by atoms with Crippen molar-refractivity contribution in [2.45, 2.75) is 88.8 Å². The Morgan fingerprint density at radius 2 is 0.952 bits per heavy atom. The van der Waals surface area contributed by atoms with Crippen LogP contribution in [0.4, 0.5) is 0 Å². The predicted molar refractivity (Wildman–Crippen MR) is 89.5 cm³/mol. The van der Waals surface area contributed by atoms with Crippen LogP contribution in [-0.4, -0.2) is 54.1 Å². The number of likely N-dealkylation sites (tertiary alicyclic amines) is 2. The van der Waals surface area contributed by atoms with Crippen LogP contribution in [-0.2, 0) is 0 Å². The first kappa shape index (κ1) is 15.8. The SMILES string of the molecule is NC1CCN(C2CCN(C3CCCCCCC3)CC2)CC1. The molecule has 3 rings (SSSR count). The molecule has 0 aromatic heterocycles. The van der Waals surface area contributed by atoms with E-state index in [1.165, 1.54) is 96.8 Å². The van der Waals surface area contributed by atoms with E-state index in [1.807, 2.05) is 0 Å². The van der Waals surface area contributed by atoms with E-state index < -0.39 is 0 Å². The molecule has 0 unspecified atom stereocenters. The predicted octanol–water partition coefficient (Wildman–Crippen LogP) is 2.99. The van der Waals surface area contributed by atoms with Crippen molar-refractivity contribution < 1.29 is 0 Å². The van der Waals surface area contributed by atoms with Gasteiger partial charge in [0, 0.05) is 18.1 Å². The fourth-order valence-corrected chi connectivity index (χ4v) is 4.70. The van der Waals surface area contributed by atoms with E-state index in [0.29, 0.717) is 6.04 Å². The molecule has 1 saturated carbocycles. The fourth-order valence-electron chi connectivity index (χ4n) is 4.70. The van der Waals surface area contributed by atoms with Crippen molar-refractivity contribution >= 4 is 0 Å². The Labute approximate surface area is 131 Å². The van der Waals surface area contributed by atoms with Gasteiger partial charge in [0.05, 0.1) is 0 Å². The zero-order valence-electron chi connectivity index (χ0n) is 13.8. The van der Waals surface area contributed by atoms with Crippen LogP contribution in [0.15, 0.2) is 0 Å². The number of hydrogen-bond donors (Lipinski definition) is 1.